The molecule has 0 unspecified atom stereocenters. The number of rotatable bonds is 11. The third-order valence-corrected chi connectivity index (χ3v) is 9.81. The van der Waals surface area contributed by atoms with Gasteiger partial charge in [-0.1, -0.05) is 28.6 Å². The number of carbonyl (C=O) groups excluding carboxylic acids is 2. The van der Waals surface area contributed by atoms with Gasteiger partial charge in [0.1, 0.15) is 22.6 Å². The van der Waals surface area contributed by atoms with Crippen LogP contribution in [-0.4, -0.2) is 91.4 Å². The lowest BCUT2D eigenvalue weighted by molar-refractivity contribution is -0.110. The number of nitrogens with zero attached hydrogens (tertiary/aromatic N) is 4. The topological polar surface area (TPSA) is 159 Å². The Morgan fingerprint density at radius 1 is 1.11 bits per heavy atom. The van der Waals surface area contributed by atoms with E-state index < -0.39 is 27.4 Å². The maximum Gasteiger partial charge on any atom is 0.410 e. The lowest BCUT2D eigenvalue weighted by Gasteiger charge is -2.24. The van der Waals surface area contributed by atoms with E-state index in [1.807, 2.05) is 0 Å². The average Bonchev–Trinajstić information content (AvgIpc) is 3.57. The van der Waals surface area contributed by atoms with Crippen molar-refractivity contribution in [2.45, 2.75) is 61.9 Å². The molecule has 2 aromatic heterocycles. The van der Waals surface area contributed by atoms with Crippen LogP contribution in [0.15, 0.2) is 46.4 Å². The number of fused-ring (bicyclic) bond motifs is 1. The van der Waals surface area contributed by atoms with Crippen molar-refractivity contribution < 1.29 is 37.1 Å². The SMILES string of the molecule is CN(CCOc1ccc2nc(NC(=O)/C(=N/O[C@@H]3CCOC3)c3ccc(S(=O)(=O)C4CC4)cc3)sc2n1)C(=O)OC(C)(C)C. The number of hydrogen-bond acceptors (Lipinski definition) is 12. The zero-order valence-corrected chi connectivity index (χ0v) is 26.6. The van der Waals surface area contributed by atoms with Crippen molar-refractivity contribution >= 4 is 54.4 Å². The molecule has 236 valence electrons. The van der Waals surface area contributed by atoms with Gasteiger partial charge >= 0.3 is 6.09 Å². The van der Waals surface area contributed by atoms with Gasteiger partial charge in [0.15, 0.2) is 26.8 Å². The van der Waals surface area contributed by atoms with E-state index in [4.69, 9.17) is 19.0 Å². The predicted molar refractivity (Wildman–Crippen MR) is 164 cm³/mol. The Hall–Kier alpha value is -3.82. The van der Waals surface area contributed by atoms with Crippen molar-refractivity contribution in [3.05, 3.63) is 42.0 Å². The van der Waals surface area contributed by atoms with Gasteiger partial charge in [-0.05, 0) is 51.8 Å². The zero-order valence-electron chi connectivity index (χ0n) is 24.9. The van der Waals surface area contributed by atoms with Crippen LogP contribution < -0.4 is 10.1 Å². The minimum absolute atomic E-state index is 0.0300. The standard InChI is InChI=1S/C29H35N5O8S2/c1-29(2,3)41-28(36)34(4)14-16-40-23-12-11-22-26(31-23)43-27(30-22)32-25(35)24(33-42-19-13-15-39-17-19)18-5-7-20(8-6-18)44(37,38)21-9-10-21/h5-8,11-12,19,21H,9-10,13-17H2,1-4H3,(H,30,32,35)/b33-24+/t19-/m1/s1. The summed E-state index contributed by atoms with van der Waals surface area (Å²) in [7, 11) is -1.75. The molecule has 2 fully saturated rings. The van der Waals surface area contributed by atoms with Gasteiger partial charge in [0.25, 0.3) is 5.91 Å². The molecular weight excluding hydrogens is 610 g/mol. The van der Waals surface area contributed by atoms with Gasteiger partial charge in [-0.25, -0.2) is 23.2 Å². The molecule has 1 aliphatic carbocycles. The van der Waals surface area contributed by atoms with E-state index in [9.17, 15) is 18.0 Å². The number of nitrogens with one attached hydrogen (secondary N) is 1. The summed E-state index contributed by atoms with van der Waals surface area (Å²) in [6.07, 6.45) is 1.22. The molecule has 0 radical (unpaired) electrons. The number of pyridine rings is 1. The van der Waals surface area contributed by atoms with Gasteiger partial charge in [-0.2, -0.15) is 0 Å². The zero-order chi connectivity index (χ0) is 31.5. The van der Waals surface area contributed by atoms with Crippen molar-refractivity contribution in [3.63, 3.8) is 0 Å². The lowest BCUT2D eigenvalue weighted by atomic mass is 10.1. The summed E-state index contributed by atoms with van der Waals surface area (Å²) in [5.74, 6) is -0.241. The van der Waals surface area contributed by atoms with Crippen LogP contribution in [-0.2, 0) is 28.9 Å². The second kappa shape index (κ2) is 13.0. The first-order valence-electron chi connectivity index (χ1n) is 14.2. The molecule has 1 aliphatic heterocycles. The molecule has 5 rings (SSSR count). The van der Waals surface area contributed by atoms with Crippen LogP contribution in [0.25, 0.3) is 10.3 Å². The van der Waals surface area contributed by atoms with Crippen molar-refractivity contribution in [2.24, 2.45) is 5.16 Å². The first kappa shape index (κ1) is 31.6. The quantitative estimate of drug-likeness (QED) is 0.238. The van der Waals surface area contributed by atoms with E-state index in [0.29, 0.717) is 60.8 Å². The summed E-state index contributed by atoms with van der Waals surface area (Å²) >= 11 is 1.15. The van der Waals surface area contributed by atoms with Crippen molar-refractivity contribution in [1.82, 2.24) is 14.9 Å². The lowest BCUT2D eigenvalue weighted by Crippen LogP contribution is -2.36. The maximum atomic E-state index is 13.4. The highest BCUT2D eigenvalue weighted by atomic mass is 32.2. The molecular formula is C29H35N5O8S2. The molecule has 0 spiro atoms. The number of likely N-dealkylation sites (N-methyl/N-ethyl adjacent to an activating group) is 1. The molecule has 1 atom stereocenters. The third kappa shape index (κ3) is 8.01. The fourth-order valence-corrected chi connectivity index (χ4v) is 6.61. The summed E-state index contributed by atoms with van der Waals surface area (Å²) in [6, 6.07) is 9.44. The number of hydrogen-bond donors (Lipinski definition) is 1. The molecule has 2 amide bonds. The summed E-state index contributed by atoms with van der Waals surface area (Å²) in [5.41, 5.74) is 0.322. The number of thiazole rings is 1. The van der Waals surface area contributed by atoms with Gasteiger partial charge in [-0.15, -0.1) is 0 Å². The highest BCUT2D eigenvalue weighted by molar-refractivity contribution is 7.92. The van der Waals surface area contributed by atoms with Crippen LogP contribution in [0.5, 0.6) is 5.88 Å². The fraction of sp³-hybridized carbons (Fsp3) is 0.483. The molecule has 2 aliphatic rings. The number of anilines is 1. The van der Waals surface area contributed by atoms with Crippen molar-refractivity contribution in [3.8, 4) is 5.88 Å². The first-order chi connectivity index (χ1) is 20.9. The van der Waals surface area contributed by atoms with Crippen molar-refractivity contribution in [1.29, 1.82) is 0 Å². The van der Waals surface area contributed by atoms with E-state index in [1.165, 1.54) is 17.0 Å². The molecule has 44 heavy (non-hydrogen) atoms. The molecule has 15 heteroatoms. The van der Waals surface area contributed by atoms with E-state index in [1.54, 1.807) is 52.1 Å². The summed E-state index contributed by atoms with van der Waals surface area (Å²) < 4.78 is 41.7. The molecule has 3 aromatic rings. The summed E-state index contributed by atoms with van der Waals surface area (Å²) in [5, 5.41) is 6.84. The second-order valence-corrected chi connectivity index (χ2v) is 14.7. The third-order valence-electron chi connectivity index (χ3n) is 6.65. The number of ether oxygens (including phenoxy) is 3. The Kier molecular flexibility index (Phi) is 9.37. The minimum atomic E-state index is -3.38. The Bertz CT molecular complexity index is 1640. The van der Waals surface area contributed by atoms with Crippen LogP contribution in [0.4, 0.5) is 9.93 Å². The van der Waals surface area contributed by atoms with Gasteiger partial charge in [0, 0.05) is 25.1 Å². The molecule has 0 bridgehead atoms. The highest BCUT2D eigenvalue weighted by Gasteiger charge is 2.37. The molecule has 1 N–H and O–H groups in total. The largest absolute Gasteiger partial charge is 0.476 e. The number of amides is 2. The van der Waals surface area contributed by atoms with Gasteiger partial charge in [0.05, 0.1) is 29.9 Å². The minimum Gasteiger partial charge on any atom is -0.476 e. The molecule has 1 saturated heterocycles. The molecule has 13 nitrogen and oxygen atoms in total. The Morgan fingerprint density at radius 2 is 1.86 bits per heavy atom. The summed E-state index contributed by atoms with van der Waals surface area (Å²) in [6.45, 7) is 6.80. The van der Waals surface area contributed by atoms with E-state index in [-0.39, 0.29) is 33.7 Å². The number of aromatic nitrogens is 2. The van der Waals surface area contributed by atoms with E-state index in [2.05, 4.69) is 20.4 Å². The van der Waals surface area contributed by atoms with Crippen LogP contribution in [0.1, 0.15) is 45.6 Å². The molecule has 1 aromatic carbocycles. The van der Waals surface area contributed by atoms with Crippen molar-refractivity contribution in [2.75, 3.05) is 38.7 Å². The molecule has 1 saturated carbocycles. The van der Waals surface area contributed by atoms with Crippen LogP contribution in [0.3, 0.4) is 0 Å². The van der Waals surface area contributed by atoms with E-state index in [0.717, 1.165) is 11.3 Å². The average molecular weight is 646 g/mol. The normalized spacial score (nSPS) is 17.4. The number of carbonyl (C=O) groups is 2. The summed E-state index contributed by atoms with van der Waals surface area (Å²) in [4.78, 5) is 42.2. The highest BCUT2D eigenvalue weighted by Crippen LogP contribution is 2.33. The number of benzene rings is 1. The number of sulfone groups is 1. The Balaban J connectivity index is 1.26. The van der Waals surface area contributed by atoms with E-state index >= 15 is 0 Å². The monoisotopic (exact) mass is 645 g/mol. The van der Waals surface area contributed by atoms with Gasteiger partial charge < -0.3 is 23.9 Å². The first-order valence-corrected chi connectivity index (χ1v) is 16.6. The van der Waals surface area contributed by atoms with Crippen LogP contribution >= 0.6 is 11.3 Å². The Morgan fingerprint density at radius 3 is 2.52 bits per heavy atom. The smallest absolute Gasteiger partial charge is 0.410 e. The fourth-order valence-electron chi connectivity index (χ4n) is 4.13. The second-order valence-electron chi connectivity index (χ2n) is 11.5. The Labute approximate surface area is 259 Å². The van der Waals surface area contributed by atoms with Crippen LogP contribution in [0, 0.1) is 0 Å². The van der Waals surface area contributed by atoms with Gasteiger partial charge in [0.2, 0.25) is 5.88 Å². The van der Waals surface area contributed by atoms with Crippen LogP contribution in [0.2, 0.25) is 0 Å². The maximum absolute atomic E-state index is 13.4. The molecule has 3 heterocycles. The van der Waals surface area contributed by atoms with Gasteiger partial charge in [-0.3, -0.25) is 10.1 Å². The number of oxime groups is 1. The predicted octanol–water partition coefficient (Wildman–Crippen LogP) is 4.02.